The van der Waals surface area contributed by atoms with Crippen LogP contribution in [0.5, 0.6) is 0 Å². The summed E-state index contributed by atoms with van der Waals surface area (Å²) in [7, 11) is 3.28. The molecule has 24 heavy (non-hydrogen) atoms. The molecule has 0 aliphatic carbocycles. The van der Waals surface area contributed by atoms with Gasteiger partial charge in [-0.15, -0.1) is 0 Å². The highest BCUT2D eigenvalue weighted by Crippen LogP contribution is 2.16. The van der Waals surface area contributed by atoms with Crippen molar-refractivity contribution in [3.8, 4) is 0 Å². The van der Waals surface area contributed by atoms with E-state index in [9.17, 15) is 24.0 Å². The van der Waals surface area contributed by atoms with Gasteiger partial charge in [0.1, 0.15) is 12.1 Å². The third-order valence-corrected chi connectivity index (χ3v) is 3.59. The molecule has 0 aromatic rings. The van der Waals surface area contributed by atoms with Crippen molar-refractivity contribution in [3.05, 3.63) is 0 Å². The zero-order chi connectivity index (χ0) is 18.3. The number of esters is 3. The largest absolute Gasteiger partial charge is 0.469 e. The summed E-state index contributed by atoms with van der Waals surface area (Å²) in [4.78, 5) is 58.8. The van der Waals surface area contributed by atoms with E-state index in [2.05, 4.69) is 24.8 Å². The minimum absolute atomic E-state index is 0.184. The molecule has 3 atom stereocenters. The van der Waals surface area contributed by atoms with Gasteiger partial charge < -0.3 is 24.8 Å². The molecule has 1 saturated heterocycles. The molecule has 0 bridgehead atoms. The number of nitrogens with one attached hydrogen (secondary N) is 2. The van der Waals surface area contributed by atoms with Crippen LogP contribution in [-0.4, -0.2) is 63.1 Å². The fraction of sp³-hybridized carbons (Fsp3) is 0.643. The lowest BCUT2D eigenvalue weighted by Gasteiger charge is -2.24. The van der Waals surface area contributed by atoms with E-state index in [1.54, 1.807) is 0 Å². The second kappa shape index (κ2) is 8.85. The van der Waals surface area contributed by atoms with Gasteiger partial charge in [-0.3, -0.25) is 19.2 Å². The van der Waals surface area contributed by atoms with E-state index in [1.807, 2.05) is 0 Å². The van der Waals surface area contributed by atoms with Crippen LogP contribution in [0.4, 0.5) is 0 Å². The van der Waals surface area contributed by atoms with Crippen LogP contribution < -0.4 is 10.6 Å². The average Bonchev–Trinajstić information content (AvgIpc) is 3.02. The minimum atomic E-state index is -1.45. The van der Waals surface area contributed by atoms with Crippen LogP contribution in [0, 0.1) is 5.92 Å². The first-order valence-electron chi connectivity index (χ1n) is 7.16. The Morgan fingerprint density at radius 1 is 1.12 bits per heavy atom. The van der Waals surface area contributed by atoms with Crippen LogP contribution in [0.1, 0.15) is 19.3 Å². The van der Waals surface area contributed by atoms with Crippen LogP contribution >= 0.6 is 0 Å². The molecule has 0 aromatic carbocycles. The molecule has 1 aliphatic rings. The van der Waals surface area contributed by atoms with E-state index in [4.69, 9.17) is 0 Å². The molecule has 0 radical (unpaired) electrons. The summed E-state index contributed by atoms with van der Waals surface area (Å²) in [5, 5.41) is 4.78. The van der Waals surface area contributed by atoms with Gasteiger partial charge in [0.05, 0.1) is 33.7 Å². The van der Waals surface area contributed by atoms with Crippen molar-refractivity contribution in [2.75, 3.05) is 21.3 Å². The van der Waals surface area contributed by atoms with Gasteiger partial charge in [-0.2, -0.15) is 0 Å². The molecule has 134 valence electrons. The Labute approximate surface area is 138 Å². The summed E-state index contributed by atoms with van der Waals surface area (Å²) in [5.74, 6) is -4.84. The Morgan fingerprint density at radius 3 is 2.21 bits per heavy atom. The summed E-state index contributed by atoms with van der Waals surface area (Å²) in [6.45, 7) is 0. The molecule has 1 fully saturated rings. The Hall–Kier alpha value is -2.65. The second-order valence-corrected chi connectivity index (χ2v) is 5.08. The molecule has 2 N–H and O–H groups in total. The lowest BCUT2D eigenvalue weighted by molar-refractivity contribution is -0.159. The number of methoxy groups -OCH3 is 3. The van der Waals surface area contributed by atoms with E-state index >= 15 is 0 Å². The molecule has 0 spiro atoms. The molecule has 1 aliphatic heterocycles. The van der Waals surface area contributed by atoms with Gasteiger partial charge in [0.2, 0.25) is 11.8 Å². The number of hydrogen-bond donors (Lipinski definition) is 2. The summed E-state index contributed by atoms with van der Waals surface area (Å²) in [6, 6.07) is -2.27. The van der Waals surface area contributed by atoms with Crippen molar-refractivity contribution in [2.45, 2.75) is 31.3 Å². The molecular formula is C14H20N2O8. The topological polar surface area (TPSA) is 137 Å². The van der Waals surface area contributed by atoms with Gasteiger partial charge in [-0.05, 0) is 6.42 Å². The predicted molar refractivity (Wildman–Crippen MR) is 77.3 cm³/mol. The van der Waals surface area contributed by atoms with E-state index < -0.39 is 48.2 Å². The number of rotatable bonds is 7. The fourth-order valence-corrected chi connectivity index (χ4v) is 2.27. The van der Waals surface area contributed by atoms with Crippen LogP contribution in [0.15, 0.2) is 0 Å². The SMILES string of the molecule is COC(=O)C[C@@H](C(=O)OC)[C@@H](NC(=O)[C@H]1CCC(=O)N1)C(=O)OC. The Morgan fingerprint density at radius 2 is 1.75 bits per heavy atom. The summed E-state index contributed by atoms with van der Waals surface area (Å²) >= 11 is 0. The third kappa shape index (κ3) is 4.93. The van der Waals surface area contributed by atoms with Crippen LogP contribution in [-0.2, 0) is 38.2 Å². The predicted octanol–water partition coefficient (Wildman–Crippen LogP) is -1.72. The number of amides is 2. The Balaban J connectivity index is 2.96. The quantitative estimate of drug-likeness (QED) is 0.411. The first kappa shape index (κ1) is 19.4. The maximum Gasteiger partial charge on any atom is 0.329 e. The molecule has 10 nitrogen and oxygen atoms in total. The lowest BCUT2D eigenvalue weighted by Crippen LogP contribution is -2.54. The number of hydrogen-bond acceptors (Lipinski definition) is 8. The van der Waals surface area contributed by atoms with Crippen molar-refractivity contribution >= 4 is 29.7 Å². The molecule has 0 aromatic heterocycles. The summed E-state index contributed by atoms with van der Waals surface area (Å²) in [5.41, 5.74) is 0. The first-order chi connectivity index (χ1) is 11.3. The zero-order valence-electron chi connectivity index (χ0n) is 13.6. The van der Waals surface area contributed by atoms with Crippen molar-refractivity contribution in [1.82, 2.24) is 10.6 Å². The molecule has 0 saturated carbocycles. The standard InChI is InChI=1S/C14H20N2O8/c1-22-10(18)6-7(13(20)23-2)11(14(21)24-3)16-12(19)8-4-5-9(17)15-8/h7-8,11H,4-6H2,1-3H3,(H,15,17)(H,16,19)/t7-,8-,11-/m1/s1. The molecule has 0 unspecified atom stereocenters. The smallest absolute Gasteiger partial charge is 0.329 e. The highest BCUT2D eigenvalue weighted by molar-refractivity contribution is 5.95. The Kier molecular flexibility index (Phi) is 7.15. The highest BCUT2D eigenvalue weighted by atomic mass is 16.5. The third-order valence-electron chi connectivity index (χ3n) is 3.59. The zero-order valence-corrected chi connectivity index (χ0v) is 13.6. The van der Waals surface area contributed by atoms with Gasteiger partial charge in [0, 0.05) is 6.42 Å². The molecule has 2 amide bonds. The second-order valence-electron chi connectivity index (χ2n) is 5.08. The maximum atomic E-state index is 12.2. The van der Waals surface area contributed by atoms with Crippen molar-refractivity contribution in [2.24, 2.45) is 5.92 Å². The van der Waals surface area contributed by atoms with Crippen molar-refractivity contribution in [3.63, 3.8) is 0 Å². The lowest BCUT2D eigenvalue weighted by atomic mass is 9.95. The van der Waals surface area contributed by atoms with E-state index in [0.29, 0.717) is 0 Å². The Bertz CT molecular complexity index is 533. The van der Waals surface area contributed by atoms with Crippen molar-refractivity contribution in [1.29, 1.82) is 0 Å². The minimum Gasteiger partial charge on any atom is -0.469 e. The summed E-state index contributed by atoms with van der Waals surface area (Å²) in [6.07, 6.45) is -0.0394. The highest BCUT2D eigenvalue weighted by Gasteiger charge is 2.40. The van der Waals surface area contributed by atoms with Crippen molar-refractivity contribution < 1.29 is 38.2 Å². The monoisotopic (exact) mass is 344 g/mol. The average molecular weight is 344 g/mol. The molecule has 1 heterocycles. The van der Waals surface area contributed by atoms with Gasteiger partial charge in [0.15, 0.2) is 0 Å². The molecular weight excluding hydrogens is 324 g/mol. The van der Waals surface area contributed by atoms with Crippen LogP contribution in [0.25, 0.3) is 0 Å². The van der Waals surface area contributed by atoms with E-state index in [-0.39, 0.29) is 18.7 Å². The van der Waals surface area contributed by atoms with E-state index in [1.165, 1.54) is 0 Å². The normalized spacial score (nSPS) is 18.8. The number of ether oxygens (including phenoxy) is 3. The fourth-order valence-electron chi connectivity index (χ4n) is 2.27. The number of carbonyl (C=O) groups excluding carboxylic acids is 5. The van der Waals surface area contributed by atoms with Gasteiger partial charge in [-0.25, -0.2) is 4.79 Å². The molecule has 10 heteroatoms. The van der Waals surface area contributed by atoms with Gasteiger partial charge in [0.25, 0.3) is 0 Å². The van der Waals surface area contributed by atoms with Gasteiger partial charge in [-0.1, -0.05) is 0 Å². The number of carbonyl (C=O) groups is 5. The van der Waals surface area contributed by atoms with Crippen LogP contribution in [0.3, 0.4) is 0 Å². The van der Waals surface area contributed by atoms with Crippen LogP contribution in [0.2, 0.25) is 0 Å². The maximum absolute atomic E-state index is 12.2. The summed E-state index contributed by atoms with van der Waals surface area (Å²) < 4.78 is 13.7. The van der Waals surface area contributed by atoms with E-state index in [0.717, 1.165) is 21.3 Å². The first-order valence-corrected chi connectivity index (χ1v) is 7.16. The van der Waals surface area contributed by atoms with Gasteiger partial charge >= 0.3 is 17.9 Å². The molecule has 1 rings (SSSR count).